The SMILES string of the molecule is O=C(N[C@@H]1CCCN(c2ncc3c(n2)CCOC3)C1)c1ccc2c(c1)OCO2. The molecule has 146 valence electrons. The van der Waals surface area contributed by atoms with Crippen LogP contribution in [0.25, 0.3) is 0 Å². The number of anilines is 1. The maximum absolute atomic E-state index is 12.7. The Morgan fingerprint density at radius 2 is 2.18 bits per heavy atom. The lowest BCUT2D eigenvalue weighted by molar-refractivity contribution is 0.0932. The molecule has 1 N–H and O–H groups in total. The fourth-order valence-corrected chi connectivity index (χ4v) is 3.86. The van der Waals surface area contributed by atoms with Crippen molar-refractivity contribution in [1.29, 1.82) is 0 Å². The predicted octanol–water partition coefficient (Wildman–Crippen LogP) is 1.68. The lowest BCUT2D eigenvalue weighted by Gasteiger charge is -2.33. The second-order valence-electron chi connectivity index (χ2n) is 7.27. The molecule has 0 saturated carbocycles. The molecule has 1 aromatic heterocycles. The van der Waals surface area contributed by atoms with Gasteiger partial charge in [-0.3, -0.25) is 4.79 Å². The van der Waals surface area contributed by atoms with Gasteiger partial charge in [-0.2, -0.15) is 0 Å². The van der Waals surface area contributed by atoms with E-state index in [1.807, 2.05) is 6.20 Å². The Labute approximate surface area is 162 Å². The van der Waals surface area contributed by atoms with Crippen LogP contribution in [0.1, 0.15) is 34.5 Å². The van der Waals surface area contributed by atoms with Crippen LogP contribution in [0, 0.1) is 0 Å². The zero-order valence-electron chi connectivity index (χ0n) is 15.5. The third-order valence-electron chi connectivity index (χ3n) is 5.36. The predicted molar refractivity (Wildman–Crippen MR) is 101 cm³/mol. The second-order valence-corrected chi connectivity index (χ2v) is 7.27. The van der Waals surface area contributed by atoms with Crippen LogP contribution in [0.4, 0.5) is 5.95 Å². The van der Waals surface area contributed by atoms with Gasteiger partial charge in [0, 0.05) is 42.9 Å². The van der Waals surface area contributed by atoms with Crippen molar-refractivity contribution in [1.82, 2.24) is 15.3 Å². The van der Waals surface area contributed by atoms with Gasteiger partial charge in [0.05, 0.1) is 18.9 Å². The van der Waals surface area contributed by atoms with Crippen LogP contribution < -0.4 is 19.7 Å². The number of fused-ring (bicyclic) bond motifs is 2. The minimum Gasteiger partial charge on any atom is -0.454 e. The van der Waals surface area contributed by atoms with Gasteiger partial charge in [-0.05, 0) is 31.0 Å². The van der Waals surface area contributed by atoms with Crippen LogP contribution in [0.5, 0.6) is 11.5 Å². The molecule has 8 heteroatoms. The van der Waals surface area contributed by atoms with Gasteiger partial charge in [0.15, 0.2) is 11.5 Å². The largest absolute Gasteiger partial charge is 0.454 e. The van der Waals surface area contributed by atoms with Crippen LogP contribution >= 0.6 is 0 Å². The number of ether oxygens (including phenoxy) is 3. The summed E-state index contributed by atoms with van der Waals surface area (Å²) in [5.41, 5.74) is 2.72. The summed E-state index contributed by atoms with van der Waals surface area (Å²) in [6.07, 6.45) is 4.61. The van der Waals surface area contributed by atoms with Gasteiger partial charge in [-0.25, -0.2) is 9.97 Å². The Hall–Kier alpha value is -2.87. The quantitative estimate of drug-likeness (QED) is 0.864. The van der Waals surface area contributed by atoms with Crippen LogP contribution in [-0.2, 0) is 17.8 Å². The van der Waals surface area contributed by atoms with Crippen LogP contribution in [0.2, 0.25) is 0 Å². The summed E-state index contributed by atoms with van der Waals surface area (Å²) in [4.78, 5) is 24.1. The lowest BCUT2D eigenvalue weighted by Crippen LogP contribution is -2.48. The first-order valence-electron chi connectivity index (χ1n) is 9.64. The molecule has 2 aromatic rings. The number of nitrogens with one attached hydrogen (secondary N) is 1. The van der Waals surface area contributed by atoms with Crippen molar-refractivity contribution in [2.45, 2.75) is 31.9 Å². The van der Waals surface area contributed by atoms with Crippen LogP contribution in [0.3, 0.4) is 0 Å². The van der Waals surface area contributed by atoms with Gasteiger partial charge < -0.3 is 24.4 Å². The highest BCUT2D eigenvalue weighted by molar-refractivity contribution is 5.95. The van der Waals surface area contributed by atoms with E-state index in [-0.39, 0.29) is 18.7 Å². The van der Waals surface area contributed by atoms with Crippen molar-refractivity contribution in [3.63, 3.8) is 0 Å². The number of nitrogens with zero attached hydrogens (tertiary/aromatic N) is 3. The van der Waals surface area contributed by atoms with Crippen molar-refractivity contribution in [3.05, 3.63) is 41.2 Å². The zero-order valence-corrected chi connectivity index (χ0v) is 15.5. The highest BCUT2D eigenvalue weighted by atomic mass is 16.7. The Kier molecular flexibility index (Phi) is 4.48. The van der Waals surface area contributed by atoms with E-state index < -0.39 is 0 Å². The summed E-state index contributed by atoms with van der Waals surface area (Å²) in [6.45, 7) is 3.09. The van der Waals surface area contributed by atoms with Crippen molar-refractivity contribution >= 4 is 11.9 Å². The Balaban J connectivity index is 1.26. The average molecular weight is 382 g/mol. The summed E-state index contributed by atoms with van der Waals surface area (Å²) in [5.74, 6) is 1.93. The molecule has 28 heavy (non-hydrogen) atoms. The van der Waals surface area contributed by atoms with E-state index >= 15 is 0 Å². The first kappa shape index (κ1) is 17.2. The summed E-state index contributed by atoms with van der Waals surface area (Å²) < 4.78 is 16.1. The molecule has 1 fully saturated rings. The molecule has 1 saturated heterocycles. The minimum atomic E-state index is -0.103. The molecule has 0 aliphatic carbocycles. The molecule has 0 spiro atoms. The maximum atomic E-state index is 12.7. The van der Waals surface area contributed by atoms with Crippen LogP contribution in [-0.4, -0.2) is 48.4 Å². The van der Waals surface area contributed by atoms with E-state index in [2.05, 4.69) is 15.2 Å². The highest BCUT2D eigenvalue weighted by Crippen LogP contribution is 2.32. The van der Waals surface area contributed by atoms with E-state index in [1.54, 1.807) is 18.2 Å². The lowest BCUT2D eigenvalue weighted by atomic mass is 10.0. The minimum absolute atomic E-state index is 0.0506. The fourth-order valence-electron chi connectivity index (χ4n) is 3.86. The van der Waals surface area contributed by atoms with Gasteiger partial charge >= 0.3 is 0 Å². The molecular formula is C20H22N4O4. The fraction of sp³-hybridized carbons (Fsp3) is 0.450. The van der Waals surface area contributed by atoms with Crippen molar-refractivity contribution in [2.24, 2.45) is 0 Å². The maximum Gasteiger partial charge on any atom is 0.251 e. The molecule has 1 aromatic carbocycles. The molecular weight excluding hydrogens is 360 g/mol. The van der Waals surface area contributed by atoms with Crippen LogP contribution in [0.15, 0.2) is 24.4 Å². The molecule has 0 unspecified atom stereocenters. The normalized spacial score (nSPS) is 20.6. The zero-order chi connectivity index (χ0) is 18.9. The van der Waals surface area contributed by atoms with E-state index in [0.29, 0.717) is 36.8 Å². The molecule has 0 bridgehead atoms. The third kappa shape index (κ3) is 3.35. The second kappa shape index (κ2) is 7.27. The highest BCUT2D eigenvalue weighted by Gasteiger charge is 2.25. The number of aromatic nitrogens is 2. The number of rotatable bonds is 3. The third-order valence-corrected chi connectivity index (χ3v) is 5.36. The van der Waals surface area contributed by atoms with E-state index in [0.717, 1.165) is 43.0 Å². The number of hydrogen-bond acceptors (Lipinski definition) is 7. The molecule has 1 atom stereocenters. The molecule has 5 rings (SSSR count). The summed E-state index contributed by atoms with van der Waals surface area (Å²) >= 11 is 0. The monoisotopic (exact) mass is 382 g/mol. The van der Waals surface area contributed by atoms with E-state index in [9.17, 15) is 4.79 Å². The molecule has 3 aliphatic heterocycles. The number of hydrogen-bond donors (Lipinski definition) is 1. The number of benzene rings is 1. The average Bonchev–Trinajstić information content (AvgIpc) is 3.21. The first-order valence-corrected chi connectivity index (χ1v) is 9.64. The Morgan fingerprint density at radius 3 is 3.14 bits per heavy atom. The van der Waals surface area contributed by atoms with Gasteiger partial charge in [0.1, 0.15) is 0 Å². The van der Waals surface area contributed by atoms with E-state index in [1.165, 1.54) is 0 Å². The van der Waals surface area contributed by atoms with Gasteiger partial charge in [0.25, 0.3) is 5.91 Å². The van der Waals surface area contributed by atoms with Crippen molar-refractivity contribution < 1.29 is 19.0 Å². The number of carbonyl (C=O) groups excluding carboxylic acids is 1. The first-order chi connectivity index (χ1) is 13.8. The van der Waals surface area contributed by atoms with Crippen molar-refractivity contribution in [3.8, 4) is 11.5 Å². The smallest absolute Gasteiger partial charge is 0.251 e. The number of amides is 1. The summed E-state index contributed by atoms with van der Waals surface area (Å²) in [5, 5.41) is 3.14. The Bertz CT molecular complexity index is 904. The van der Waals surface area contributed by atoms with Gasteiger partial charge in [-0.15, -0.1) is 0 Å². The topological polar surface area (TPSA) is 85.8 Å². The summed E-state index contributed by atoms with van der Waals surface area (Å²) in [6, 6.07) is 5.31. The Morgan fingerprint density at radius 1 is 1.25 bits per heavy atom. The van der Waals surface area contributed by atoms with E-state index in [4.69, 9.17) is 19.2 Å². The standard InChI is InChI=1S/C20H22N4O4/c25-19(13-3-4-17-18(8-13)28-12-27-17)22-15-2-1-6-24(10-15)20-21-9-14-11-26-7-5-16(14)23-20/h3-4,8-9,15H,1-2,5-7,10-12H2,(H,22,25)/t15-/m1/s1. The number of carbonyl (C=O) groups is 1. The molecule has 0 radical (unpaired) electrons. The van der Waals surface area contributed by atoms with Gasteiger partial charge in [-0.1, -0.05) is 0 Å². The molecule has 1 amide bonds. The summed E-state index contributed by atoms with van der Waals surface area (Å²) in [7, 11) is 0. The number of piperidine rings is 1. The molecule has 3 aliphatic rings. The van der Waals surface area contributed by atoms with Crippen molar-refractivity contribution in [2.75, 3.05) is 31.4 Å². The molecule has 8 nitrogen and oxygen atoms in total. The molecule has 4 heterocycles. The van der Waals surface area contributed by atoms with Gasteiger partial charge in [0.2, 0.25) is 12.7 Å².